The molecule has 0 aliphatic rings. The van der Waals surface area contributed by atoms with Crippen LogP contribution in [0.4, 0.5) is 0 Å². The van der Waals surface area contributed by atoms with Crippen molar-refractivity contribution in [2.75, 3.05) is 0 Å². The molecule has 0 aliphatic carbocycles. The van der Waals surface area contributed by atoms with Gasteiger partial charge in [0.25, 0.3) is 5.91 Å². The Labute approximate surface area is 99.1 Å². The van der Waals surface area contributed by atoms with E-state index in [0.717, 1.165) is 11.3 Å². The molecule has 0 fully saturated rings. The molecule has 4 nitrogen and oxygen atoms in total. The molecule has 0 spiro atoms. The van der Waals surface area contributed by atoms with Crippen LogP contribution in [0.3, 0.4) is 0 Å². The molecule has 1 aromatic carbocycles. The van der Waals surface area contributed by atoms with Crippen LogP contribution in [0.25, 0.3) is 0 Å². The number of aromatic nitrogens is 2. The summed E-state index contributed by atoms with van der Waals surface area (Å²) < 4.78 is 0. The average Bonchev–Trinajstić information content (AvgIpc) is 2.88. The van der Waals surface area contributed by atoms with Crippen LogP contribution >= 0.6 is 0 Å². The van der Waals surface area contributed by atoms with Crippen molar-refractivity contribution in [3.63, 3.8) is 0 Å². The Bertz CT molecular complexity index is 535. The van der Waals surface area contributed by atoms with Crippen LogP contribution in [0.1, 0.15) is 11.3 Å². The zero-order valence-corrected chi connectivity index (χ0v) is 9.10. The average molecular weight is 225 g/mol. The number of rotatable bonds is 2. The van der Waals surface area contributed by atoms with E-state index in [1.807, 2.05) is 30.3 Å². The maximum atomic E-state index is 11.4. The van der Waals surface area contributed by atoms with Crippen molar-refractivity contribution in [2.45, 2.75) is 6.54 Å². The largest absolute Gasteiger partial charge is 0.340 e. The molecule has 4 heteroatoms. The number of carbonyl (C=O) groups excluding carboxylic acids is 1. The Morgan fingerprint density at radius 3 is 2.82 bits per heavy atom. The zero-order chi connectivity index (χ0) is 11.9. The summed E-state index contributed by atoms with van der Waals surface area (Å²) in [5.41, 5.74) is 1.67. The van der Waals surface area contributed by atoms with E-state index in [-0.39, 0.29) is 5.91 Å². The monoisotopic (exact) mass is 225 g/mol. The third-order valence-corrected chi connectivity index (χ3v) is 2.09. The van der Waals surface area contributed by atoms with Crippen LogP contribution in [-0.2, 0) is 11.3 Å². The van der Waals surface area contributed by atoms with E-state index < -0.39 is 0 Å². The topological polar surface area (TPSA) is 57.8 Å². The summed E-state index contributed by atoms with van der Waals surface area (Å²) in [5.74, 6) is 5.01. The predicted octanol–water partition coefficient (Wildman–Crippen LogP) is 1.08. The highest BCUT2D eigenvalue weighted by Crippen LogP contribution is 1.94. The normalized spacial score (nSPS) is 9.18. The minimum Gasteiger partial charge on any atom is -0.340 e. The summed E-state index contributed by atoms with van der Waals surface area (Å²) in [6, 6.07) is 11.2. The van der Waals surface area contributed by atoms with Crippen LogP contribution in [0.5, 0.6) is 0 Å². The van der Waals surface area contributed by atoms with Gasteiger partial charge in [-0.2, -0.15) is 5.10 Å². The number of hydrogen-bond acceptors (Lipinski definition) is 2. The highest BCUT2D eigenvalue weighted by atomic mass is 16.1. The minimum atomic E-state index is -0.302. The van der Waals surface area contributed by atoms with Gasteiger partial charge in [-0.15, -0.1) is 0 Å². The molecule has 84 valence electrons. The van der Waals surface area contributed by atoms with Crippen molar-refractivity contribution in [2.24, 2.45) is 0 Å². The van der Waals surface area contributed by atoms with Gasteiger partial charge in [0.05, 0.1) is 12.2 Å². The smallest absolute Gasteiger partial charge is 0.296 e. The van der Waals surface area contributed by atoms with Gasteiger partial charge in [-0.05, 0) is 18.2 Å². The number of carbonyl (C=O) groups is 1. The number of hydrogen-bond donors (Lipinski definition) is 2. The van der Waals surface area contributed by atoms with Crippen LogP contribution in [-0.4, -0.2) is 16.1 Å². The van der Waals surface area contributed by atoms with Crippen LogP contribution in [0, 0.1) is 11.8 Å². The fourth-order valence-electron chi connectivity index (χ4n) is 1.25. The summed E-state index contributed by atoms with van der Waals surface area (Å²) in [5, 5.41) is 9.21. The van der Waals surface area contributed by atoms with Crippen LogP contribution in [0.15, 0.2) is 42.6 Å². The van der Waals surface area contributed by atoms with Gasteiger partial charge in [0.15, 0.2) is 0 Å². The highest BCUT2D eigenvalue weighted by molar-refractivity contribution is 5.93. The molecule has 17 heavy (non-hydrogen) atoms. The van der Waals surface area contributed by atoms with E-state index in [1.54, 1.807) is 12.3 Å². The third-order valence-electron chi connectivity index (χ3n) is 2.09. The van der Waals surface area contributed by atoms with Crippen LogP contribution in [0.2, 0.25) is 0 Å². The van der Waals surface area contributed by atoms with Crippen molar-refractivity contribution in [3.8, 4) is 11.8 Å². The summed E-state index contributed by atoms with van der Waals surface area (Å²) in [6.45, 7) is 0.405. The van der Waals surface area contributed by atoms with Gasteiger partial charge >= 0.3 is 0 Å². The van der Waals surface area contributed by atoms with Crippen molar-refractivity contribution in [1.82, 2.24) is 15.5 Å². The second-order valence-corrected chi connectivity index (χ2v) is 3.38. The van der Waals surface area contributed by atoms with Gasteiger partial charge in [0.2, 0.25) is 0 Å². The lowest BCUT2D eigenvalue weighted by molar-refractivity contribution is -0.115. The molecule has 1 heterocycles. The SMILES string of the molecule is O=C(C#Cc1ccccc1)NCc1ccn[nH]1. The standard InChI is InChI=1S/C13H11N3O/c17-13(14-10-12-8-9-15-16-12)7-6-11-4-2-1-3-5-11/h1-5,8-9H,10H2,(H,14,17)(H,15,16). The molecule has 0 aliphatic heterocycles. The Hall–Kier alpha value is -2.54. The lowest BCUT2D eigenvalue weighted by atomic mass is 10.2. The number of amides is 1. The van der Waals surface area contributed by atoms with Gasteiger partial charge in [-0.25, -0.2) is 0 Å². The number of benzene rings is 1. The lowest BCUT2D eigenvalue weighted by Crippen LogP contribution is -2.20. The van der Waals surface area contributed by atoms with Crippen LogP contribution < -0.4 is 5.32 Å². The molecule has 0 atom stereocenters. The Balaban J connectivity index is 1.88. The number of aromatic amines is 1. The van der Waals surface area contributed by atoms with Gasteiger partial charge in [0.1, 0.15) is 0 Å². The molecule has 0 radical (unpaired) electrons. The molecule has 0 saturated carbocycles. The second kappa shape index (κ2) is 5.52. The number of H-pyrrole nitrogens is 1. The third kappa shape index (κ3) is 3.50. The van der Waals surface area contributed by atoms with Gasteiger partial charge in [-0.1, -0.05) is 24.1 Å². The van der Waals surface area contributed by atoms with E-state index in [2.05, 4.69) is 27.4 Å². The fraction of sp³-hybridized carbons (Fsp3) is 0.0769. The van der Waals surface area contributed by atoms with E-state index >= 15 is 0 Å². The molecule has 2 aromatic rings. The van der Waals surface area contributed by atoms with Crippen molar-refractivity contribution >= 4 is 5.91 Å². The molecule has 2 N–H and O–H groups in total. The van der Waals surface area contributed by atoms with Gasteiger partial charge in [0, 0.05) is 17.7 Å². The molecule has 0 saturated heterocycles. The molecule has 0 bridgehead atoms. The fourth-order valence-corrected chi connectivity index (χ4v) is 1.25. The summed E-state index contributed by atoms with van der Waals surface area (Å²) in [6.07, 6.45) is 1.64. The summed E-state index contributed by atoms with van der Waals surface area (Å²) >= 11 is 0. The van der Waals surface area contributed by atoms with E-state index in [0.29, 0.717) is 6.54 Å². The molecular formula is C13H11N3O. The Kier molecular flexibility index (Phi) is 3.56. The summed E-state index contributed by atoms with van der Waals surface area (Å²) in [4.78, 5) is 11.4. The first-order chi connectivity index (χ1) is 8.34. The Morgan fingerprint density at radius 2 is 2.12 bits per heavy atom. The second-order valence-electron chi connectivity index (χ2n) is 3.38. The van der Waals surface area contributed by atoms with Crippen molar-refractivity contribution < 1.29 is 4.79 Å². The van der Waals surface area contributed by atoms with Gasteiger partial charge in [-0.3, -0.25) is 9.89 Å². The number of nitrogens with zero attached hydrogens (tertiary/aromatic N) is 1. The maximum Gasteiger partial charge on any atom is 0.296 e. The Morgan fingerprint density at radius 1 is 1.29 bits per heavy atom. The van der Waals surface area contributed by atoms with E-state index in [4.69, 9.17) is 0 Å². The maximum absolute atomic E-state index is 11.4. The van der Waals surface area contributed by atoms with Crippen molar-refractivity contribution in [3.05, 3.63) is 53.9 Å². The molecule has 1 amide bonds. The minimum absolute atomic E-state index is 0.302. The van der Waals surface area contributed by atoms with E-state index in [1.165, 1.54) is 0 Å². The van der Waals surface area contributed by atoms with Crippen molar-refractivity contribution in [1.29, 1.82) is 0 Å². The molecule has 0 unspecified atom stereocenters. The first-order valence-corrected chi connectivity index (χ1v) is 5.18. The summed E-state index contributed by atoms with van der Waals surface area (Å²) in [7, 11) is 0. The first kappa shape index (κ1) is 11.0. The number of nitrogens with one attached hydrogen (secondary N) is 2. The van der Waals surface area contributed by atoms with E-state index in [9.17, 15) is 4.79 Å². The predicted molar refractivity (Wildman–Crippen MR) is 63.8 cm³/mol. The molecule has 2 rings (SSSR count). The molecule has 1 aromatic heterocycles. The first-order valence-electron chi connectivity index (χ1n) is 5.18. The highest BCUT2D eigenvalue weighted by Gasteiger charge is 1.96. The van der Waals surface area contributed by atoms with Gasteiger partial charge < -0.3 is 5.32 Å². The zero-order valence-electron chi connectivity index (χ0n) is 9.10. The lowest BCUT2D eigenvalue weighted by Gasteiger charge is -1.96. The quantitative estimate of drug-likeness (QED) is 0.751. The molecular weight excluding hydrogens is 214 g/mol.